The van der Waals surface area contributed by atoms with Crippen LogP contribution in [0.1, 0.15) is 40.0 Å². The first-order valence-corrected chi connectivity index (χ1v) is 8.67. The van der Waals surface area contributed by atoms with Crippen molar-refractivity contribution in [2.45, 2.75) is 46.1 Å². The van der Waals surface area contributed by atoms with E-state index < -0.39 is 0 Å². The highest BCUT2D eigenvalue weighted by Gasteiger charge is 2.49. The summed E-state index contributed by atoms with van der Waals surface area (Å²) in [5.41, 5.74) is 7.76. The second-order valence-electron chi connectivity index (χ2n) is 8.63. The molecule has 2 aliphatic rings. The Morgan fingerprint density at radius 1 is 1.38 bits per heavy atom. The molecule has 1 amide bonds. The number of amides is 1. The first kappa shape index (κ1) is 17.1. The molecule has 1 aliphatic carbocycles. The maximum atomic E-state index is 12.6. The van der Waals surface area contributed by atoms with E-state index in [4.69, 9.17) is 10.5 Å². The topological polar surface area (TPSA) is 67.6 Å². The fourth-order valence-electron chi connectivity index (χ4n) is 4.96. The number of benzene rings is 1. The standard InChI is InChI=1S/C19H29N3O2/c1-18(2)8-14-9-19(3,11-18)12-22(14)10-17(23)21-15-7-13(20)5-6-16(15)24-4/h5-7,14H,8-12,20H2,1-4H3,(H,21,23). The number of ether oxygens (including phenoxy) is 1. The molecular formula is C19H29N3O2. The molecule has 1 aromatic carbocycles. The van der Waals surface area contributed by atoms with Gasteiger partial charge in [-0.05, 0) is 48.3 Å². The molecule has 132 valence electrons. The van der Waals surface area contributed by atoms with Gasteiger partial charge in [0.05, 0.1) is 19.3 Å². The fourth-order valence-corrected chi connectivity index (χ4v) is 4.96. The van der Waals surface area contributed by atoms with Gasteiger partial charge in [-0.15, -0.1) is 0 Å². The number of nitrogens with two attached hydrogens (primary N) is 1. The number of methoxy groups -OCH3 is 1. The van der Waals surface area contributed by atoms with Crippen molar-refractivity contribution in [1.29, 1.82) is 0 Å². The molecule has 1 saturated carbocycles. The average Bonchev–Trinajstić information content (AvgIpc) is 2.67. The number of fused-ring (bicyclic) bond motifs is 2. The van der Waals surface area contributed by atoms with Crippen LogP contribution in [-0.4, -0.2) is 37.0 Å². The first-order chi connectivity index (χ1) is 11.2. The van der Waals surface area contributed by atoms with Gasteiger partial charge < -0.3 is 15.8 Å². The molecule has 1 heterocycles. The van der Waals surface area contributed by atoms with Crippen LogP contribution in [0.4, 0.5) is 11.4 Å². The molecule has 2 atom stereocenters. The van der Waals surface area contributed by atoms with Crippen LogP contribution in [0.2, 0.25) is 0 Å². The third-order valence-corrected chi connectivity index (χ3v) is 5.37. The summed E-state index contributed by atoms with van der Waals surface area (Å²) >= 11 is 0. The van der Waals surface area contributed by atoms with Gasteiger partial charge in [-0.1, -0.05) is 20.8 Å². The van der Waals surface area contributed by atoms with Crippen molar-refractivity contribution < 1.29 is 9.53 Å². The SMILES string of the molecule is COc1ccc(N)cc1NC(=O)CN1CC2(C)CC1CC(C)(C)C2. The molecule has 2 fully saturated rings. The molecule has 24 heavy (non-hydrogen) atoms. The van der Waals surface area contributed by atoms with E-state index in [1.807, 2.05) is 0 Å². The number of carbonyl (C=O) groups is 1. The Morgan fingerprint density at radius 3 is 2.83 bits per heavy atom. The van der Waals surface area contributed by atoms with Crippen LogP contribution >= 0.6 is 0 Å². The zero-order valence-corrected chi connectivity index (χ0v) is 15.2. The summed E-state index contributed by atoms with van der Waals surface area (Å²) in [6, 6.07) is 5.79. The summed E-state index contributed by atoms with van der Waals surface area (Å²) in [6.07, 6.45) is 3.60. The molecule has 1 aliphatic heterocycles. The van der Waals surface area contributed by atoms with Gasteiger partial charge in [0, 0.05) is 18.3 Å². The minimum atomic E-state index is -0.00661. The van der Waals surface area contributed by atoms with Crippen molar-refractivity contribution in [3.05, 3.63) is 18.2 Å². The number of hydrogen-bond donors (Lipinski definition) is 2. The second kappa shape index (κ2) is 5.96. The Balaban J connectivity index is 1.67. The summed E-state index contributed by atoms with van der Waals surface area (Å²) in [5, 5.41) is 2.96. The number of nitrogens with zero attached hydrogens (tertiary/aromatic N) is 1. The van der Waals surface area contributed by atoms with Crippen molar-refractivity contribution >= 4 is 17.3 Å². The number of likely N-dealkylation sites (tertiary alicyclic amines) is 1. The van der Waals surface area contributed by atoms with E-state index in [-0.39, 0.29) is 5.91 Å². The Hall–Kier alpha value is -1.75. The molecule has 2 unspecified atom stereocenters. The van der Waals surface area contributed by atoms with Gasteiger partial charge >= 0.3 is 0 Å². The molecule has 0 aromatic heterocycles. The number of nitrogen functional groups attached to an aromatic ring is 1. The van der Waals surface area contributed by atoms with Crippen molar-refractivity contribution in [2.24, 2.45) is 10.8 Å². The van der Waals surface area contributed by atoms with E-state index in [1.165, 1.54) is 12.8 Å². The van der Waals surface area contributed by atoms with Gasteiger partial charge in [0.15, 0.2) is 0 Å². The Bertz CT molecular complexity index is 643. The van der Waals surface area contributed by atoms with E-state index in [0.717, 1.165) is 13.0 Å². The van der Waals surface area contributed by atoms with Crippen molar-refractivity contribution in [3.63, 3.8) is 0 Å². The van der Waals surface area contributed by atoms with Crippen LogP contribution < -0.4 is 15.8 Å². The number of rotatable bonds is 4. The zero-order valence-electron chi connectivity index (χ0n) is 15.2. The predicted octanol–water partition coefficient (Wildman–Crippen LogP) is 3.12. The van der Waals surface area contributed by atoms with Gasteiger partial charge in [-0.3, -0.25) is 9.69 Å². The maximum absolute atomic E-state index is 12.6. The summed E-state index contributed by atoms with van der Waals surface area (Å²) in [7, 11) is 1.59. The Labute approximate surface area is 144 Å². The van der Waals surface area contributed by atoms with Gasteiger partial charge in [0.1, 0.15) is 5.75 Å². The largest absolute Gasteiger partial charge is 0.495 e. The highest BCUT2D eigenvalue weighted by molar-refractivity contribution is 5.94. The lowest BCUT2D eigenvalue weighted by molar-refractivity contribution is -0.117. The predicted molar refractivity (Wildman–Crippen MR) is 97.1 cm³/mol. The van der Waals surface area contributed by atoms with Crippen molar-refractivity contribution in [2.75, 3.05) is 31.2 Å². The van der Waals surface area contributed by atoms with Crippen LogP contribution in [-0.2, 0) is 4.79 Å². The van der Waals surface area contributed by atoms with Gasteiger partial charge in [-0.25, -0.2) is 0 Å². The van der Waals surface area contributed by atoms with E-state index in [9.17, 15) is 4.79 Å². The molecule has 5 nitrogen and oxygen atoms in total. The molecule has 0 radical (unpaired) electrons. The van der Waals surface area contributed by atoms with Crippen LogP contribution in [0.5, 0.6) is 5.75 Å². The average molecular weight is 331 g/mol. The smallest absolute Gasteiger partial charge is 0.238 e. The van der Waals surface area contributed by atoms with Crippen LogP contribution in [0.25, 0.3) is 0 Å². The maximum Gasteiger partial charge on any atom is 0.238 e. The van der Waals surface area contributed by atoms with Crippen LogP contribution in [0, 0.1) is 10.8 Å². The monoisotopic (exact) mass is 331 g/mol. The normalized spacial score (nSPS) is 28.6. The van der Waals surface area contributed by atoms with E-state index in [0.29, 0.717) is 40.5 Å². The van der Waals surface area contributed by atoms with Gasteiger partial charge in [0.2, 0.25) is 5.91 Å². The summed E-state index contributed by atoms with van der Waals surface area (Å²) in [6.45, 7) is 8.48. The molecule has 3 rings (SSSR count). The van der Waals surface area contributed by atoms with Gasteiger partial charge in [0.25, 0.3) is 0 Å². The Kier molecular flexibility index (Phi) is 4.24. The van der Waals surface area contributed by atoms with Crippen molar-refractivity contribution in [1.82, 2.24) is 4.90 Å². The van der Waals surface area contributed by atoms with E-state index in [1.54, 1.807) is 25.3 Å². The number of hydrogen-bond acceptors (Lipinski definition) is 4. The molecule has 2 bridgehead atoms. The first-order valence-electron chi connectivity index (χ1n) is 8.67. The second-order valence-corrected chi connectivity index (χ2v) is 8.63. The third kappa shape index (κ3) is 3.51. The number of carbonyl (C=O) groups excluding carboxylic acids is 1. The summed E-state index contributed by atoms with van der Waals surface area (Å²) < 4.78 is 5.30. The van der Waals surface area contributed by atoms with E-state index in [2.05, 4.69) is 31.0 Å². The number of anilines is 2. The molecule has 1 saturated heterocycles. The summed E-state index contributed by atoms with van der Waals surface area (Å²) in [5.74, 6) is 0.624. The minimum Gasteiger partial charge on any atom is -0.495 e. The summed E-state index contributed by atoms with van der Waals surface area (Å²) in [4.78, 5) is 14.9. The zero-order chi connectivity index (χ0) is 17.5. The molecular weight excluding hydrogens is 302 g/mol. The minimum absolute atomic E-state index is 0.00661. The lowest BCUT2D eigenvalue weighted by Gasteiger charge is -2.39. The fraction of sp³-hybridized carbons (Fsp3) is 0.632. The van der Waals surface area contributed by atoms with Gasteiger partial charge in [-0.2, -0.15) is 0 Å². The Morgan fingerprint density at radius 2 is 2.12 bits per heavy atom. The van der Waals surface area contributed by atoms with Crippen LogP contribution in [0.3, 0.4) is 0 Å². The highest BCUT2D eigenvalue weighted by atomic mass is 16.5. The van der Waals surface area contributed by atoms with E-state index >= 15 is 0 Å². The third-order valence-electron chi connectivity index (χ3n) is 5.37. The lowest BCUT2D eigenvalue weighted by atomic mass is 9.65. The number of nitrogens with one attached hydrogen (secondary N) is 1. The molecule has 1 aromatic rings. The molecule has 3 N–H and O–H groups in total. The lowest BCUT2D eigenvalue weighted by Crippen LogP contribution is -2.38. The quantitative estimate of drug-likeness (QED) is 0.832. The van der Waals surface area contributed by atoms with Crippen LogP contribution in [0.15, 0.2) is 18.2 Å². The highest BCUT2D eigenvalue weighted by Crippen LogP contribution is 2.52. The molecule has 5 heteroatoms. The molecule has 0 spiro atoms. The van der Waals surface area contributed by atoms with Crippen molar-refractivity contribution in [3.8, 4) is 5.75 Å².